The van der Waals surface area contributed by atoms with Gasteiger partial charge in [0, 0.05) is 5.92 Å². The Morgan fingerprint density at radius 1 is 1.50 bits per heavy atom. The van der Waals surface area contributed by atoms with E-state index >= 15 is 0 Å². The monoisotopic (exact) mass is 174 g/mol. The molecule has 0 spiro atoms. The van der Waals surface area contributed by atoms with Crippen molar-refractivity contribution in [2.24, 2.45) is 5.92 Å². The van der Waals surface area contributed by atoms with Gasteiger partial charge in [-0.25, -0.2) is 0 Å². The number of rotatable bonds is 1. The molecule has 0 bridgehead atoms. The van der Waals surface area contributed by atoms with E-state index in [1.165, 1.54) is 0 Å². The molecule has 1 unspecified atom stereocenters. The van der Waals surface area contributed by atoms with Crippen LogP contribution in [-0.4, -0.2) is 6.98 Å². The molecule has 1 aliphatic carbocycles. The van der Waals surface area contributed by atoms with Crippen LogP contribution in [0.1, 0.15) is 19.3 Å². The summed E-state index contributed by atoms with van der Waals surface area (Å²) < 4.78 is 36.3. The molecule has 1 rings (SSSR count). The summed E-state index contributed by atoms with van der Waals surface area (Å²) >= 11 is 0. The van der Waals surface area contributed by atoms with Crippen LogP contribution >= 0.6 is 0 Å². The molecule has 5 heteroatoms. The summed E-state index contributed by atoms with van der Waals surface area (Å²) in [5.74, 6) is -0.216. The summed E-state index contributed by atoms with van der Waals surface area (Å²) in [5, 5.41) is 8.42. The Bertz CT molecular complexity index is 238. The first-order valence-electron chi connectivity index (χ1n) is 3.82. The second-order valence-electron chi connectivity index (χ2n) is 2.95. The number of hydrogen-bond donors (Lipinski definition) is 0. The van der Waals surface area contributed by atoms with Crippen molar-refractivity contribution in [2.45, 2.75) is 19.3 Å². The van der Waals surface area contributed by atoms with E-state index in [-0.39, 0.29) is 18.8 Å². The molecule has 1 atom stereocenters. The Hall–Kier alpha value is -0.915. The van der Waals surface area contributed by atoms with Crippen molar-refractivity contribution in [3.63, 3.8) is 0 Å². The summed E-state index contributed by atoms with van der Waals surface area (Å²) in [6, 6.07) is 1.97. The van der Waals surface area contributed by atoms with Gasteiger partial charge in [-0.1, -0.05) is 6.42 Å². The highest BCUT2D eigenvalue weighted by atomic mass is 19.4. The van der Waals surface area contributed by atoms with E-state index in [0.717, 1.165) is 6.08 Å². The molecule has 0 aliphatic heterocycles. The second-order valence-corrected chi connectivity index (χ2v) is 2.95. The summed E-state index contributed by atoms with van der Waals surface area (Å²) in [6.45, 7) is -4.80. The van der Waals surface area contributed by atoms with E-state index in [2.05, 4.69) is 0 Å². The molecule has 0 aromatic rings. The molecular formula is C7H8BF3N-. The van der Waals surface area contributed by atoms with Crippen molar-refractivity contribution in [3.05, 3.63) is 11.5 Å². The van der Waals surface area contributed by atoms with Crippen LogP contribution < -0.4 is 0 Å². The van der Waals surface area contributed by atoms with E-state index in [0.29, 0.717) is 6.42 Å². The Labute approximate surface area is 68.9 Å². The molecule has 12 heavy (non-hydrogen) atoms. The van der Waals surface area contributed by atoms with Gasteiger partial charge < -0.3 is 12.9 Å². The van der Waals surface area contributed by atoms with Crippen molar-refractivity contribution in [3.8, 4) is 6.07 Å². The van der Waals surface area contributed by atoms with E-state index in [1.807, 2.05) is 6.07 Å². The summed E-state index contributed by atoms with van der Waals surface area (Å²) in [5.41, 5.74) is -0.415. The lowest BCUT2D eigenvalue weighted by Gasteiger charge is -2.24. The third-order valence-electron chi connectivity index (χ3n) is 2.05. The maximum Gasteiger partial charge on any atom is 0.505 e. The summed E-state index contributed by atoms with van der Waals surface area (Å²) in [7, 11) is 0. The Morgan fingerprint density at radius 3 is 2.50 bits per heavy atom. The fourth-order valence-corrected chi connectivity index (χ4v) is 1.27. The maximum atomic E-state index is 12.1. The summed E-state index contributed by atoms with van der Waals surface area (Å²) in [4.78, 5) is 0. The van der Waals surface area contributed by atoms with Gasteiger partial charge in [-0.15, -0.1) is 11.5 Å². The molecule has 0 radical (unpaired) electrons. The minimum atomic E-state index is -4.80. The molecule has 0 aromatic heterocycles. The first-order valence-corrected chi connectivity index (χ1v) is 3.82. The van der Waals surface area contributed by atoms with Gasteiger partial charge in [-0.2, -0.15) is 5.26 Å². The third kappa shape index (κ3) is 2.03. The Balaban J connectivity index is 2.64. The predicted octanol–water partition coefficient (Wildman–Crippen LogP) is 2.62. The van der Waals surface area contributed by atoms with Gasteiger partial charge in [-0.05, 0) is 12.8 Å². The fourth-order valence-electron chi connectivity index (χ4n) is 1.27. The minimum absolute atomic E-state index is 0.0156. The van der Waals surface area contributed by atoms with Gasteiger partial charge in [0.05, 0.1) is 6.07 Å². The number of nitrogens with zero attached hydrogens (tertiary/aromatic N) is 1. The van der Waals surface area contributed by atoms with E-state index < -0.39 is 12.4 Å². The topological polar surface area (TPSA) is 23.8 Å². The number of hydrogen-bond acceptors (Lipinski definition) is 1. The summed E-state index contributed by atoms with van der Waals surface area (Å²) in [6.07, 6.45) is 1.79. The van der Waals surface area contributed by atoms with Crippen LogP contribution in [0.5, 0.6) is 0 Å². The van der Waals surface area contributed by atoms with Gasteiger partial charge >= 0.3 is 6.98 Å². The van der Waals surface area contributed by atoms with Crippen LogP contribution in [0.15, 0.2) is 11.5 Å². The predicted molar refractivity (Wildman–Crippen MR) is 40.1 cm³/mol. The van der Waals surface area contributed by atoms with Gasteiger partial charge in [0.1, 0.15) is 0 Å². The SMILES string of the molecule is N#CC1CC=C([B-](F)(F)F)CC1. The van der Waals surface area contributed by atoms with Crippen molar-refractivity contribution < 1.29 is 12.9 Å². The van der Waals surface area contributed by atoms with Gasteiger partial charge in [0.15, 0.2) is 0 Å². The van der Waals surface area contributed by atoms with Crippen LogP contribution in [0.25, 0.3) is 0 Å². The number of halogens is 3. The van der Waals surface area contributed by atoms with Gasteiger partial charge in [0.2, 0.25) is 0 Å². The second kappa shape index (κ2) is 3.22. The van der Waals surface area contributed by atoms with Crippen molar-refractivity contribution in [2.75, 3.05) is 0 Å². The normalized spacial score (nSPS) is 24.5. The van der Waals surface area contributed by atoms with Crippen molar-refractivity contribution in [1.82, 2.24) is 0 Å². The standard InChI is InChI=1S/C7H8BF3N/c9-8(10,11)7-3-1-6(5-12)2-4-7/h3,6H,1-2,4H2/q-1. The van der Waals surface area contributed by atoms with Crippen LogP contribution in [-0.2, 0) is 0 Å². The minimum Gasteiger partial charge on any atom is -0.445 e. The van der Waals surface area contributed by atoms with Crippen LogP contribution in [0, 0.1) is 17.2 Å². The lowest BCUT2D eigenvalue weighted by molar-refractivity contribution is 0.471. The quantitative estimate of drug-likeness (QED) is 0.560. The zero-order chi connectivity index (χ0) is 9.19. The molecule has 1 aliphatic rings. The van der Waals surface area contributed by atoms with Crippen molar-refractivity contribution in [1.29, 1.82) is 5.26 Å². The highest BCUT2D eigenvalue weighted by molar-refractivity contribution is 6.66. The van der Waals surface area contributed by atoms with Crippen LogP contribution in [0.2, 0.25) is 0 Å². The first-order chi connectivity index (χ1) is 5.54. The number of nitriles is 1. The average Bonchev–Trinajstić information content (AvgIpc) is 2.03. The molecule has 0 fully saturated rings. The number of allylic oxidation sites excluding steroid dienone is 2. The molecule has 0 aromatic carbocycles. The lowest BCUT2D eigenvalue weighted by atomic mass is 9.71. The molecule has 66 valence electrons. The maximum absolute atomic E-state index is 12.1. The Kier molecular flexibility index (Phi) is 2.46. The molecule has 0 amide bonds. The smallest absolute Gasteiger partial charge is 0.445 e. The van der Waals surface area contributed by atoms with E-state index in [9.17, 15) is 12.9 Å². The lowest BCUT2D eigenvalue weighted by Crippen LogP contribution is -2.22. The molecule has 0 N–H and O–H groups in total. The van der Waals surface area contributed by atoms with Crippen LogP contribution in [0.4, 0.5) is 12.9 Å². The van der Waals surface area contributed by atoms with Gasteiger partial charge in [0.25, 0.3) is 0 Å². The zero-order valence-corrected chi connectivity index (χ0v) is 6.43. The van der Waals surface area contributed by atoms with Crippen LogP contribution in [0.3, 0.4) is 0 Å². The van der Waals surface area contributed by atoms with E-state index in [4.69, 9.17) is 5.26 Å². The third-order valence-corrected chi connectivity index (χ3v) is 2.05. The fraction of sp³-hybridized carbons (Fsp3) is 0.571. The largest absolute Gasteiger partial charge is 0.505 e. The highest BCUT2D eigenvalue weighted by Crippen LogP contribution is 2.31. The highest BCUT2D eigenvalue weighted by Gasteiger charge is 2.30. The van der Waals surface area contributed by atoms with Gasteiger partial charge in [-0.3, -0.25) is 0 Å². The molecule has 0 saturated carbocycles. The van der Waals surface area contributed by atoms with E-state index in [1.54, 1.807) is 0 Å². The average molecular weight is 174 g/mol. The molecule has 0 saturated heterocycles. The first kappa shape index (κ1) is 9.18. The molecular weight excluding hydrogens is 166 g/mol. The van der Waals surface area contributed by atoms with Crippen molar-refractivity contribution >= 4 is 6.98 Å². The zero-order valence-electron chi connectivity index (χ0n) is 6.43. The molecule has 1 nitrogen and oxygen atoms in total. The Morgan fingerprint density at radius 2 is 2.17 bits per heavy atom. The molecule has 0 heterocycles.